The SMILES string of the molecule is CCc1cccc2c([C@H](CC(=O)c3ccc(C(C)(C)C)cc3)C(=O)O)c[nH]c12. The second kappa shape index (κ2) is 7.63. The lowest BCUT2D eigenvalue weighted by atomic mass is 9.85. The maximum absolute atomic E-state index is 12.8. The van der Waals surface area contributed by atoms with Gasteiger partial charge in [-0.1, -0.05) is 70.2 Å². The molecule has 28 heavy (non-hydrogen) atoms. The summed E-state index contributed by atoms with van der Waals surface area (Å²) < 4.78 is 0. The van der Waals surface area contributed by atoms with Crippen LogP contribution in [0, 0.1) is 0 Å². The number of carbonyl (C=O) groups is 2. The molecule has 0 aliphatic heterocycles. The van der Waals surface area contributed by atoms with Gasteiger partial charge in [-0.05, 0) is 28.5 Å². The minimum Gasteiger partial charge on any atom is -0.481 e. The van der Waals surface area contributed by atoms with E-state index in [1.807, 2.05) is 30.3 Å². The number of fused-ring (bicyclic) bond motifs is 1. The lowest BCUT2D eigenvalue weighted by Crippen LogP contribution is -2.16. The Morgan fingerprint density at radius 3 is 2.32 bits per heavy atom. The molecule has 1 atom stereocenters. The van der Waals surface area contributed by atoms with Crippen molar-refractivity contribution >= 4 is 22.7 Å². The van der Waals surface area contributed by atoms with Crippen molar-refractivity contribution in [2.45, 2.75) is 51.9 Å². The molecule has 4 nitrogen and oxygen atoms in total. The quantitative estimate of drug-likeness (QED) is 0.560. The second-order valence-electron chi connectivity index (χ2n) is 8.28. The average molecular weight is 377 g/mol. The molecule has 2 aromatic carbocycles. The number of carboxylic acid groups (broad SMARTS) is 1. The van der Waals surface area contributed by atoms with E-state index in [0.29, 0.717) is 11.1 Å². The number of benzene rings is 2. The van der Waals surface area contributed by atoms with E-state index in [4.69, 9.17) is 0 Å². The van der Waals surface area contributed by atoms with E-state index in [1.165, 1.54) is 0 Å². The summed E-state index contributed by atoms with van der Waals surface area (Å²) in [6.07, 6.45) is 2.53. The number of aryl methyl sites for hydroxylation is 1. The van der Waals surface area contributed by atoms with Gasteiger partial charge >= 0.3 is 5.97 Å². The molecule has 1 aromatic heterocycles. The van der Waals surface area contributed by atoms with Gasteiger partial charge in [-0.3, -0.25) is 9.59 Å². The fraction of sp³-hybridized carbons (Fsp3) is 0.333. The van der Waals surface area contributed by atoms with Gasteiger partial charge in [0.1, 0.15) is 0 Å². The summed E-state index contributed by atoms with van der Waals surface area (Å²) in [6, 6.07) is 13.4. The lowest BCUT2D eigenvalue weighted by Gasteiger charge is -2.19. The number of aromatic nitrogens is 1. The number of nitrogens with one attached hydrogen (secondary N) is 1. The summed E-state index contributed by atoms with van der Waals surface area (Å²) in [5, 5.41) is 10.7. The molecule has 146 valence electrons. The maximum Gasteiger partial charge on any atom is 0.311 e. The summed E-state index contributed by atoms with van der Waals surface area (Å²) in [5.41, 5.74) is 4.45. The molecule has 3 rings (SSSR count). The Morgan fingerprint density at radius 1 is 1.07 bits per heavy atom. The number of Topliss-reactive ketones (excluding diaryl/α,β-unsaturated/α-hetero) is 1. The Balaban J connectivity index is 1.90. The smallest absolute Gasteiger partial charge is 0.311 e. The summed E-state index contributed by atoms with van der Waals surface area (Å²) in [6.45, 7) is 8.41. The number of hydrogen-bond acceptors (Lipinski definition) is 2. The third-order valence-corrected chi connectivity index (χ3v) is 5.35. The largest absolute Gasteiger partial charge is 0.481 e. The van der Waals surface area contributed by atoms with Crippen LogP contribution in [0.2, 0.25) is 0 Å². The van der Waals surface area contributed by atoms with Crippen molar-refractivity contribution in [3.63, 3.8) is 0 Å². The highest BCUT2D eigenvalue weighted by molar-refractivity contribution is 6.00. The van der Waals surface area contributed by atoms with E-state index in [-0.39, 0.29) is 17.6 Å². The Labute approximate surface area is 165 Å². The Kier molecular flexibility index (Phi) is 5.41. The molecule has 0 fully saturated rings. The van der Waals surface area contributed by atoms with Crippen LogP contribution < -0.4 is 0 Å². The predicted molar refractivity (Wildman–Crippen MR) is 112 cm³/mol. The first-order valence-corrected chi connectivity index (χ1v) is 9.67. The van der Waals surface area contributed by atoms with Gasteiger partial charge in [0.25, 0.3) is 0 Å². The third-order valence-electron chi connectivity index (χ3n) is 5.35. The number of rotatable bonds is 6. The standard InChI is InChI=1S/C24H27NO3/c1-5-15-7-6-8-18-20(14-25-22(15)18)19(23(27)28)13-21(26)16-9-11-17(12-10-16)24(2,3)4/h6-12,14,19,25H,5,13H2,1-4H3,(H,27,28)/t19-/m0/s1. The molecule has 0 unspecified atom stereocenters. The van der Waals surface area contributed by atoms with Crippen molar-refractivity contribution in [2.24, 2.45) is 0 Å². The van der Waals surface area contributed by atoms with E-state index in [0.717, 1.165) is 28.5 Å². The predicted octanol–water partition coefficient (Wildman–Crippen LogP) is 5.47. The Morgan fingerprint density at radius 2 is 1.75 bits per heavy atom. The van der Waals surface area contributed by atoms with Crippen LogP contribution in [0.15, 0.2) is 48.7 Å². The van der Waals surface area contributed by atoms with Gasteiger partial charge in [0, 0.05) is 29.1 Å². The maximum atomic E-state index is 12.8. The fourth-order valence-electron chi connectivity index (χ4n) is 3.61. The summed E-state index contributed by atoms with van der Waals surface area (Å²) in [4.78, 5) is 28.0. The van der Waals surface area contributed by atoms with E-state index in [1.54, 1.807) is 18.3 Å². The van der Waals surface area contributed by atoms with Gasteiger partial charge in [0.2, 0.25) is 0 Å². The summed E-state index contributed by atoms with van der Waals surface area (Å²) >= 11 is 0. The first kappa shape index (κ1) is 19.9. The second-order valence-corrected chi connectivity index (χ2v) is 8.28. The Hall–Kier alpha value is -2.88. The van der Waals surface area contributed by atoms with Gasteiger partial charge < -0.3 is 10.1 Å². The molecule has 3 aromatic rings. The monoisotopic (exact) mass is 377 g/mol. The van der Waals surface area contributed by atoms with Crippen molar-refractivity contribution in [3.05, 3.63) is 70.9 Å². The molecule has 0 spiro atoms. The molecular formula is C24H27NO3. The molecule has 0 amide bonds. The number of aliphatic carboxylic acids is 1. The van der Waals surface area contributed by atoms with Crippen LogP contribution in [0.4, 0.5) is 0 Å². The molecular weight excluding hydrogens is 350 g/mol. The highest BCUT2D eigenvalue weighted by atomic mass is 16.4. The fourth-order valence-corrected chi connectivity index (χ4v) is 3.61. The van der Waals surface area contributed by atoms with Crippen molar-refractivity contribution in [2.75, 3.05) is 0 Å². The van der Waals surface area contributed by atoms with Crippen molar-refractivity contribution in [3.8, 4) is 0 Å². The van der Waals surface area contributed by atoms with E-state index in [9.17, 15) is 14.7 Å². The van der Waals surface area contributed by atoms with Crippen LogP contribution in [0.1, 0.15) is 67.1 Å². The van der Waals surface area contributed by atoms with Crippen LogP contribution in [0.3, 0.4) is 0 Å². The van der Waals surface area contributed by atoms with Crippen molar-refractivity contribution in [1.29, 1.82) is 0 Å². The molecule has 1 heterocycles. The average Bonchev–Trinajstić information content (AvgIpc) is 3.09. The molecule has 4 heteroatoms. The van der Waals surface area contributed by atoms with E-state index >= 15 is 0 Å². The van der Waals surface area contributed by atoms with Gasteiger partial charge in [0.05, 0.1) is 5.92 Å². The highest BCUT2D eigenvalue weighted by Crippen LogP contribution is 2.31. The Bertz CT molecular complexity index is 1010. The molecule has 0 bridgehead atoms. The van der Waals surface area contributed by atoms with Gasteiger partial charge in [-0.15, -0.1) is 0 Å². The number of carbonyl (C=O) groups excluding carboxylic acids is 1. The van der Waals surface area contributed by atoms with Crippen LogP contribution in [0.25, 0.3) is 10.9 Å². The first-order valence-electron chi connectivity index (χ1n) is 9.67. The number of ketones is 1. The molecule has 0 saturated carbocycles. The number of para-hydroxylation sites is 1. The van der Waals surface area contributed by atoms with E-state index in [2.05, 4.69) is 32.7 Å². The van der Waals surface area contributed by atoms with Crippen LogP contribution in [-0.4, -0.2) is 21.8 Å². The van der Waals surface area contributed by atoms with Crippen LogP contribution >= 0.6 is 0 Å². The molecule has 0 radical (unpaired) electrons. The number of aromatic amines is 1. The van der Waals surface area contributed by atoms with Crippen molar-refractivity contribution < 1.29 is 14.7 Å². The lowest BCUT2D eigenvalue weighted by molar-refractivity contribution is -0.138. The van der Waals surface area contributed by atoms with Crippen molar-refractivity contribution in [1.82, 2.24) is 4.98 Å². The highest BCUT2D eigenvalue weighted by Gasteiger charge is 2.27. The van der Waals surface area contributed by atoms with Crippen LogP contribution in [0.5, 0.6) is 0 Å². The minimum atomic E-state index is -0.984. The zero-order chi connectivity index (χ0) is 20.5. The summed E-state index contributed by atoms with van der Waals surface area (Å²) in [5.74, 6) is -2.02. The molecule has 0 aliphatic carbocycles. The zero-order valence-electron chi connectivity index (χ0n) is 16.9. The normalized spacial score (nSPS) is 12.9. The topological polar surface area (TPSA) is 70.2 Å². The first-order chi connectivity index (χ1) is 13.2. The zero-order valence-corrected chi connectivity index (χ0v) is 16.9. The molecule has 2 N–H and O–H groups in total. The van der Waals surface area contributed by atoms with Gasteiger partial charge in [-0.25, -0.2) is 0 Å². The number of hydrogen-bond donors (Lipinski definition) is 2. The van der Waals surface area contributed by atoms with E-state index < -0.39 is 11.9 Å². The number of H-pyrrole nitrogens is 1. The van der Waals surface area contributed by atoms with Gasteiger partial charge in [0.15, 0.2) is 5.78 Å². The minimum absolute atomic E-state index is 0.00615. The number of carboxylic acids is 1. The molecule has 0 aliphatic rings. The van der Waals surface area contributed by atoms with Gasteiger partial charge in [-0.2, -0.15) is 0 Å². The van der Waals surface area contributed by atoms with Crippen LogP contribution in [-0.2, 0) is 16.6 Å². The summed E-state index contributed by atoms with van der Waals surface area (Å²) in [7, 11) is 0. The molecule has 0 saturated heterocycles. The third kappa shape index (κ3) is 3.86.